The molecule has 5 nitrogen and oxygen atoms in total. The minimum absolute atomic E-state index is 0.463. The normalized spacial score (nSPS) is 11.3. The van der Waals surface area contributed by atoms with Gasteiger partial charge in [0.05, 0.1) is 4.92 Å². The minimum atomic E-state index is -4.05. The van der Waals surface area contributed by atoms with Crippen molar-refractivity contribution >= 4 is 37.0 Å². The molecule has 8 heteroatoms. The van der Waals surface area contributed by atoms with Gasteiger partial charge in [-0.2, -0.15) is 0 Å². The maximum atomic E-state index is 10.9. The number of hydrogen-bond acceptors (Lipinski definition) is 4. The number of hydrogen-bond donors (Lipinski definition) is 0. The molecule has 0 saturated carbocycles. The molecule has 0 saturated heterocycles. The molecule has 76 valence electrons. The first kappa shape index (κ1) is 11.2. The Labute approximate surface area is 88.8 Å². The Morgan fingerprint density at radius 2 is 1.93 bits per heavy atom. The molecule has 1 aromatic carbocycles. The second-order valence-electron chi connectivity index (χ2n) is 2.28. The summed E-state index contributed by atoms with van der Waals surface area (Å²) in [5, 5.41) is 9.90. The first-order valence-corrected chi connectivity index (χ1v) is 5.90. The SMILES string of the molecule is O=[N+]([O-])c1cccc(S(=O)(=O)Cl)c1Cl. The van der Waals surface area contributed by atoms with Gasteiger partial charge in [-0.25, -0.2) is 8.42 Å². The van der Waals surface area contributed by atoms with E-state index in [0.29, 0.717) is 0 Å². The summed E-state index contributed by atoms with van der Waals surface area (Å²) in [6.45, 7) is 0. The molecule has 0 fully saturated rings. The molecule has 0 aromatic heterocycles. The zero-order chi connectivity index (χ0) is 10.9. The number of benzene rings is 1. The van der Waals surface area contributed by atoms with Gasteiger partial charge in [0.25, 0.3) is 14.7 Å². The predicted octanol–water partition coefficient (Wildman–Crippen LogP) is 2.18. The smallest absolute Gasteiger partial charge is 0.258 e. The molecule has 1 aromatic rings. The van der Waals surface area contributed by atoms with E-state index in [2.05, 4.69) is 0 Å². The van der Waals surface area contributed by atoms with Gasteiger partial charge in [0.15, 0.2) is 0 Å². The molecule has 0 spiro atoms. The molecule has 0 atom stereocenters. The average Bonchev–Trinajstić information content (AvgIpc) is 2.01. The summed E-state index contributed by atoms with van der Waals surface area (Å²) in [6.07, 6.45) is 0. The van der Waals surface area contributed by atoms with E-state index in [1.165, 1.54) is 6.07 Å². The number of nitro groups is 1. The molecule has 0 aliphatic rings. The third-order valence-corrected chi connectivity index (χ3v) is 3.28. The lowest BCUT2D eigenvalue weighted by atomic mass is 10.3. The van der Waals surface area contributed by atoms with Crippen LogP contribution in [-0.2, 0) is 9.05 Å². The van der Waals surface area contributed by atoms with E-state index in [4.69, 9.17) is 22.3 Å². The number of rotatable bonds is 2. The monoisotopic (exact) mass is 255 g/mol. The van der Waals surface area contributed by atoms with Gasteiger partial charge in [-0.3, -0.25) is 10.1 Å². The van der Waals surface area contributed by atoms with Gasteiger partial charge in [-0.15, -0.1) is 0 Å². The van der Waals surface area contributed by atoms with Crippen LogP contribution in [0.1, 0.15) is 0 Å². The fourth-order valence-electron chi connectivity index (χ4n) is 0.829. The van der Waals surface area contributed by atoms with E-state index in [9.17, 15) is 18.5 Å². The second-order valence-corrected chi connectivity index (χ2v) is 5.20. The molecule has 0 aliphatic heterocycles. The summed E-state index contributed by atoms with van der Waals surface area (Å²) in [7, 11) is 0.952. The van der Waals surface area contributed by atoms with Crippen molar-refractivity contribution in [2.45, 2.75) is 4.90 Å². The Morgan fingerprint density at radius 1 is 1.36 bits per heavy atom. The third kappa shape index (κ3) is 2.14. The van der Waals surface area contributed by atoms with Gasteiger partial charge in [-0.05, 0) is 6.07 Å². The van der Waals surface area contributed by atoms with Gasteiger partial charge >= 0.3 is 0 Å². The zero-order valence-electron chi connectivity index (χ0n) is 6.48. The zero-order valence-corrected chi connectivity index (χ0v) is 8.80. The Bertz CT molecular complexity index is 485. The van der Waals surface area contributed by atoms with Crippen molar-refractivity contribution in [3.8, 4) is 0 Å². The van der Waals surface area contributed by atoms with Crippen molar-refractivity contribution in [1.82, 2.24) is 0 Å². The lowest BCUT2D eigenvalue weighted by Gasteiger charge is -1.99. The highest BCUT2D eigenvalue weighted by atomic mass is 35.7. The van der Waals surface area contributed by atoms with Crippen LogP contribution in [0.5, 0.6) is 0 Å². The summed E-state index contributed by atoms with van der Waals surface area (Å²) in [6, 6.07) is 3.38. The molecular formula is C6H3Cl2NO4S. The van der Waals surface area contributed by atoms with Crippen LogP contribution in [0, 0.1) is 10.1 Å². The van der Waals surface area contributed by atoms with Crippen LogP contribution in [0.25, 0.3) is 0 Å². The summed E-state index contributed by atoms with van der Waals surface area (Å²) in [5.74, 6) is 0. The largest absolute Gasteiger partial charge is 0.289 e. The quantitative estimate of drug-likeness (QED) is 0.461. The number of nitro benzene ring substituents is 1. The first-order valence-electron chi connectivity index (χ1n) is 3.21. The molecule has 0 N–H and O–H groups in total. The Morgan fingerprint density at radius 3 is 2.36 bits per heavy atom. The van der Waals surface area contributed by atoms with Crippen molar-refractivity contribution in [3.63, 3.8) is 0 Å². The van der Waals surface area contributed by atoms with Crippen LogP contribution in [0.15, 0.2) is 23.1 Å². The average molecular weight is 256 g/mol. The fraction of sp³-hybridized carbons (Fsp3) is 0. The Kier molecular flexibility index (Phi) is 2.98. The second kappa shape index (κ2) is 3.72. The van der Waals surface area contributed by atoms with Gasteiger partial charge in [0.2, 0.25) is 0 Å². The van der Waals surface area contributed by atoms with E-state index in [0.717, 1.165) is 12.1 Å². The van der Waals surface area contributed by atoms with Crippen molar-refractivity contribution in [2.75, 3.05) is 0 Å². The molecule has 0 unspecified atom stereocenters. The maximum absolute atomic E-state index is 10.9. The topological polar surface area (TPSA) is 77.3 Å². The molecular weight excluding hydrogens is 253 g/mol. The Balaban J connectivity index is 3.51. The predicted molar refractivity (Wildman–Crippen MR) is 51.1 cm³/mol. The molecule has 0 radical (unpaired) electrons. The molecule has 0 amide bonds. The minimum Gasteiger partial charge on any atom is -0.258 e. The van der Waals surface area contributed by atoms with Crippen LogP contribution in [-0.4, -0.2) is 13.3 Å². The standard InChI is InChI=1S/C6H3Cl2NO4S/c7-6-4(9(10)11)2-1-3-5(6)14(8,12)13/h1-3H. The summed E-state index contributed by atoms with van der Waals surface area (Å²) in [4.78, 5) is 9.14. The summed E-state index contributed by atoms with van der Waals surface area (Å²) >= 11 is 5.48. The van der Waals surface area contributed by atoms with Crippen LogP contribution < -0.4 is 0 Å². The van der Waals surface area contributed by atoms with Crippen molar-refractivity contribution in [3.05, 3.63) is 33.3 Å². The highest BCUT2D eigenvalue weighted by Gasteiger charge is 2.22. The summed E-state index contributed by atoms with van der Waals surface area (Å²) in [5.41, 5.74) is -0.492. The number of halogens is 2. The van der Waals surface area contributed by atoms with Crippen molar-refractivity contribution in [2.24, 2.45) is 0 Å². The summed E-state index contributed by atoms with van der Waals surface area (Å²) < 4.78 is 21.8. The van der Waals surface area contributed by atoms with Crippen molar-refractivity contribution < 1.29 is 13.3 Å². The van der Waals surface area contributed by atoms with E-state index >= 15 is 0 Å². The maximum Gasteiger partial charge on any atom is 0.289 e. The van der Waals surface area contributed by atoms with E-state index in [1.807, 2.05) is 0 Å². The van der Waals surface area contributed by atoms with Crippen LogP contribution in [0.4, 0.5) is 5.69 Å². The van der Waals surface area contributed by atoms with Gasteiger partial charge in [0, 0.05) is 16.7 Å². The molecule has 14 heavy (non-hydrogen) atoms. The number of nitrogens with zero attached hydrogens (tertiary/aromatic N) is 1. The van der Waals surface area contributed by atoms with E-state index < -0.39 is 29.6 Å². The van der Waals surface area contributed by atoms with Crippen LogP contribution >= 0.6 is 22.3 Å². The molecule has 1 rings (SSSR count). The van der Waals surface area contributed by atoms with E-state index in [-0.39, 0.29) is 0 Å². The Hall–Kier alpha value is -0.850. The van der Waals surface area contributed by atoms with Crippen LogP contribution in [0.2, 0.25) is 5.02 Å². The lowest BCUT2D eigenvalue weighted by Crippen LogP contribution is -1.96. The first-order chi connectivity index (χ1) is 6.34. The van der Waals surface area contributed by atoms with Gasteiger partial charge < -0.3 is 0 Å². The molecule has 0 aliphatic carbocycles. The lowest BCUT2D eigenvalue weighted by molar-refractivity contribution is -0.384. The molecule has 0 heterocycles. The van der Waals surface area contributed by atoms with Crippen LogP contribution in [0.3, 0.4) is 0 Å². The van der Waals surface area contributed by atoms with Crippen molar-refractivity contribution in [1.29, 1.82) is 0 Å². The van der Waals surface area contributed by atoms with Gasteiger partial charge in [-0.1, -0.05) is 17.7 Å². The highest BCUT2D eigenvalue weighted by Crippen LogP contribution is 2.32. The van der Waals surface area contributed by atoms with Gasteiger partial charge in [0.1, 0.15) is 9.92 Å². The highest BCUT2D eigenvalue weighted by molar-refractivity contribution is 8.13. The third-order valence-electron chi connectivity index (χ3n) is 1.40. The molecule has 0 bridgehead atoms. The fourth-order valence-corrected chi connectivity index (χ4v) is 2.39. The van der Waals surface area contributed by atoms with E-state index in [1.54, 1.807) is 0 Å².